The lowest BCUT2D eigenvalue weighted by atomic mass is 10.0. The van der Waals surface area contributed by atoms with Crippen LogP contribution >= 0.6 is 11.6 Å². The number of benzene rings is 1. The number of alkyl halides is 2. The van der Waals surface area contributed by atoms with Crippen molar-refractivity contribution in [2.24, 2.45) is 4.99 Å². The van der Waals surface area contributed by atoms with Crippen LogP contribution in [-0.4, -0.2) is 72.4 Å². The molecule has 3 aromatic rings. The van der Waals surface area contributed by atoms with Crippen LogP contribution in [0.3, 0.4) is 0 Å². The second-order valence-electron chi connectivity index (χ2n) is 7.94. The molecular weight excluding hydrogens is 466 g/mol. The van der Waals surface area contributed by atoms with Gasteiger partial charge < -0.3 is 14.5 Å². The number of likely N-dealkylation sites (tertiary alicyclic amines) is 1. The zero-order valence-electron chi connectivity index (χ0n) is 18.7. The summed E-state index contributed by atoms with van der Waals surface area (Å²) in [5.41, 5.74) is 2.53. The first-order valence-electron chi connectivity index (χ1n) is 10.7. The summed E-state index contributed by atoms with van der Waals surface area (Å²) in [6, 6.07) is 5.29. The molecule has 0 amide bonds. The number of halogens is 3. The van der Waals surface area contributed by atoms with Crippen molar-refractivity contribution >= 4 is 28.8 Å². The number of H-pyrrole nitrogens is 1. The average Bonchev–Trinajstić information content (AvgIpc) is 3.21. The third-order valence-corrected chi connectivity index (χ3v) is 5.90. The Kier molecular flexibility index (Phi) is 6.95. The Morgan fingerprint density at radius 2 is 2.21 bits per heavy atom. The average molecular weight is 489 g/mol. The second-order valence-corrected chi connectivity index (χ2v) is 8.35. The molecule has 0 atom stereocenters. The molecule has 4 rings (SSSR count). The molecule has 1 N–H and O–H groups in total. The van der Waals surface area contributed by atoms with Gasteiger partial charge in [-0.15, -0.1) is 0 Å². The lowest BCUT2D eigenvalue weighted by molar-refractivity contribution is -0.0657. The summed E-state index contributed by atoms with van der Waals surface area (Å²) in [7, 11) is 3.12. The van der Waals surface area contributed by atoms with Crippen molar-refractivity contribution in [2.75, 3.05) is 40.4 Å². The number of nitrogens with zero attached hydrogens (tertiary/aromatic N) is 5. The standard InChI is InChI=1S/C23H23ClF2N6O2/c1-28-11-15-12-29-21-19(15)20(16-9-18(33-2)14(10-27)8-17(16)24)30-22(31-21)34-7-6-32-5-3-4-23(25,26)13-32/h8-9,11-12H,3-7,13H2,1-2H3,(H,29,30,31). The van der Waals surface area contributed by atoms with Gasteiger partial charge in [-0.1, -0.05) is 11.6 Å². The summed E-state index contributed by atoms with van der Waals surface area (Å²) in [4.78, 5) is 17.9. The minimum atomic E-state index is -2.67. The van der Waals surface area contributed by atoms with E-state index in [1.54, 1.807) is 30.4 Å². The number of aromatic nitrogens is 3. The molecule has 0 radical (unpaired) electrons. The van der Waals surface area contributed by atoms with Gasteiger partial charge in [0.2, 0.25) is 0 Å². The van der Waals surface area contributed by atoms with Crippen LogP contribution in [0, 0.1) is 11.3 Å². The molecule has 34 heavy (non-hydrogen) atoms. The Hall–Kier alpha value is -3.29. The maximum absolute atomic E-state index is 13.7. The Morgan fingerprint density at radius 3 is 2.91 bits per heavy atom. The van der Waals surface area contributed by atoms with Crippen LogP contribution in [-0.2, 0) is 0 Å². The third kappa shape index (κ3) is 4.95. The van der Waals surface area contributed by atoms with Crippen molar-refractivity contribution < 1.29 is 18.3 Å². The smallest absolute Gasteiger partial charge is 0.319 e. The topological polar surface area (TPSA) is 99.4 Å². The van der Waals surface area contributed by atoms with E-state index in [1.807, 2.05) is 0 Å². The molecule has 2 aromatic heterocycles. The van der Waals surface area contributed by atoms with Crippen LogP contribution in [0.1, 0.15) is 24.0 Å². The quantitative estimate of drug-likeness (QED) is 0.497. The maximum Gasteiger partial charge on any atom is 0.319 e. The largest absolute Gasteiger partial charge is 0.495 e. The van der Waals surface area contributed by atoms with Crippen LogP contribution in [0.4, 0.5) is 8.78 Å². The lowest BCUT2D eigenvalue weighted by Gasteiger charge is -2.32. The second kappa shape index (κ2) is 9.91. The molecule has 1 fully saturated rings. The highest BCUT2D eigenvalue weighted by Gasteiger charge is 2.34. The monoisotopic (exact) mass is 488 g/mol. The SMILES string of the molecule is CN=Cc1c[nH]c2nc(OCCN3CCCC(F)(F)C3)nc(-c3cc(OC)c(C#N)cc3Cl)c12. The van der Waals surface area contributed by atoms with E-state index < -0.39 is 5.92 Å². The van der Waals surface area contributed by atoms with Crippen molar-refractivity contribution in [1.29, 1.82) is 5.26 Å². The highest BCUT2D eigenvalue weighted by atomic mass is 35.5. The number of nitrogens with one attached hydrogen (secondary N) is 1. The summed E-state index contributed by atoms with van der Waals surface area (Å²) in [6.45, 7) is 0.797. The van der Waals surface area contributed by atoms with Gasteiger partial charge in [-0.25, -0.2) is 8.78 Å². The first kappa shape index (κ1) is 23.9. The van der Waals surface area contributed by atoms with Crippen molar-refractivity contribution in [2.45, 2.75) is 18.8 Å². The van der Waals surface area contributed by atoms with Crippen molar-refractivity contribution in [3.63, 3.8) is 0 Å². The minimum absolute atomic E-state index is 0.0764. The summed E-state index contributed by atoms with van der Waals surface area (Å²) < 4.78 is 38.5. The van der Waals surface area contributed by atoms with Gasteiger partial charge in [0, 0.05) is 43.6 Å². The molecule has 1 saturated heterocycles. The van der Waals surface area contributed by atoms with Gasteiger partial charge in [0.05, 0.1) is 35.3 Å². The molecule has 1 aliphatic rings. The molecule has 1 aromatic carbocycles. The Morgan fingerprint density at radius 1 is 1.38 bits per heavy atom. The first-order valence-corrected chi connectivity index (χ1v) is 11.1. The predicted octanol–water partition coefficient (Wildman–Crippen LogP) is 4.32. The van der Waals surface area contributed by atoms with Crippen molar-refractivity contribution in [1.82, 2.24) is 19.9 Å². The molecule has 0 spiro atoms. The van der Waals surface area contributed by atoms with E-state index in [0.29, 0.717) is 58.1 Å². The summed E-state index contributed by atoms with van der Waals surface area (Å²) in [6.07, 6.45) is 3.77. The number of hydrogen-bond donors (Lipinski definition) is 1. The fourth-order valence-electron chi connectivity index (χ4n) is 4.03. The van der Waals surface area contributed by atoms with E-state index in [2.05, 4.69) is 26.0 Å². The number of aromatic amines is 1. The Balaban J connectivity index is 1.69. The van der Waals surface area contributed by atoms with Gasteiger partial charge >= 0.3 is 6.01 Å². The normalized spacial score (nSPS) is 16.1. The highest BCUT2D eigenvalue weighted by Crippen LogP contribution is 2.38. The van der Waals surface area contributed by atoms with Gasteiger partial charge in [0.15, 0.2) is 0 Å². The number of hydrogen-bond acceptors (Lipinski definition) is 7. The van der Waals surface area contributed by atoms with E-state index in [-0.39, 0.29) is 25.6 Å². The fourth-order valence-corrected chi connectivity index (χ4v) is 4.28. The predicted molar refractivity (Wildman–Crippen MR) is 125 cm³/mol. The minimum Gasteiger partial charge on any atom is -0.495 e. The summed E-state index contributed by atoms with van der Waals surface area (Å²) in [5, 5.41) is 10.3. The summed E-state index contributed by atoms with van der Waals surface area (Å²) >= 11 is 6.52. The molecule has 11 heteroatoms. The molecule has 3 heterocycles. The van der Waals surface area contributed by atoms with E-state index in [4.69, 9.17) is 21.1 Å². The van der Waals surface area contributed by atoms with E-state index in [9.17, 15) is 14.0 Å². The summed E-state index contributed by atoms with van der Waals surface area (Å²) in [5.74, 6) is -2.32. The van der Waals surface area contributed by atoms with Crippen LogP contribution in [0.25, 0.3) is 22.3 Å². The molecule has 0 saturated carbocycles. The van der Waals surface area contributed by atoms with Crippen LogP contribution < -0.4 is 9.47 Å². The van der Waals surface area contributed by atoms with Crippen LogP contribution in [0.2, 0.25) is 5.02 Å². The van der Waals surface area contributed by atoms with Crippen molar-refractivity contribution in [3.05, 3.63) is 34.5 Å². The molecule has 1 aliphatic heterocycles. The fraction of sp³-hybridized carbons (Fsp3) is 0.391. The van der Waals surface area contributed by atoms with Gasteiger partial charge in [0.1, 0.15) is 24.1 Å². The lowest BCUT2D eigenvalue weighted by Crippen LogP contribution is -2.44. The molecular formula is C23H23ClF2N6O2. The Labute approximate surface area is 200 Å². The van der Waals surface area contributed by atoms with Crippen molar-refractivity contribution in [3.8, 4) is 29.1 Å². The Bertz CT molecular complexity index is 1270. The van der Waals surface area contributed by atoms with Crippen LogP contribution in [0.15, 0.2) is 23.3 Å². The van der Waals surface area contributed by atoms with Crippen LogP contribution in [0.5, 0.6) is 11.8 Å². The van der Waals surface area contributed by atoms with E-state index >= 15 is 0 Å². The number of methoxy groups -OCH3 is 1. The first-order chi connectivity index (χ1) is 16.3. The molecule has 0 aliphatic carbocycles. The number of rotatable bonds is 7. The zero-order chi connectivity index (χ0) is 24.3. The number of nitriles is 1. The van der Waals surface area contributed by atoms with E-state index in [0.717, 1.165) is 5.56 Å². The molecule has 8 nitrogen and oxygen atoms in total. The highest BCUT2D eigenvalue weighted by molar-refractivity contribution is 6.34. The van der Waals surface area contributed by atoms with Gasteiger partial charge in [-0.05, 0) is 25.1 Å². The number of ether oxygens (including phenoxy) is 2. The molecule has 0 unspecified atom stereocenters. The maximum atomic E-state index is 13.7. The third-order valence-electron chi connectivity index (χ3n) is 5.58. The van der Waals surface area contributed by atoms with Gasteiger partial charge in [-0.3, -0.25) is 9.89 Å². The van der Waals surface area contributed by atoms with Gasteiger partial charge in [0.25, 0.3) is 5.92 Å². The van der Waals surface area contributed by atoms with Gasteiger partial charge in [-0.2, -0.15) is 15.2 Å². The van der Waals surface area contributed by atoms with E-state index in [1.165, 1.54) is 13.2 Å². The number of fused-ring (bicyclic) bond motifs is 1. The number of piperidine rings is 1. The zero-order valence-corrected chi connectivity index (χ0v) is 19.5. The molecule has 0 bridgehead atoms. The molecule has 178 valence electrons. The number of aliphatic imine (C=N–C) groups is 1.